The third kappa shape index (κ3) is 4.06. The number of ketones is 1. The molecule has 0 saturated heterocycles. The SMILES string of the molecule is Cc1ccc(C(=O)C(C)CCCC(C)N)s1. The van der Waals surface area contributed by atoms with Crippen LogP contribution in [-0.2, 0) is 0 Å². The van der Waals surface area contributed by atoms with E-state index in [1.807, 2.05) is 32.9 Å². The van der Waals surface area contributed by atoms with Crippen LogP contribution in [0, 0.1) is 12.8 Å². The van der Waals surface area contributed by atoms with Crippen molar-refractivity contribution in [1.29, 1.82) is 0 Å². The summed E-state index contributed by atoms with van der Waals surface area (Å²) in [5.74, 6) is 0.402. The van der Waals surface area contributed by atoms with Gasteiger partial charge in [-0.3, -0.25) is 4.79 Å². The minimum absolute atomic E-state index is 0.122. The number of nitrogens with two attached hydrogens (primary N) is 1. The fourth-order valence-corrected chi connectivity index (χ4v) is 2.61. The molecule has 0 spiro atoms. The van der Waals surface area contributed by atoms with Gasteiger partial charge in [-0.15, -0.1) is 11.3 Å². The third-order valence-electron chi connectivity index (χ3n) is 2.73. The van der Waals surface area contributed by atoms with Crippen molar-refractivity contribution in [3.05, 3.63) is 21.9 Å². The van der Waals surface area contributed by atoms with E-state index in [9.17, 15) is 4.79 Å². The molecule has 0 aromatic carbocycles. The van der Waals surface area contributed by atoms with Gasteiger partial charge in [0.2, 0.25) is 0 Å². The number of carbonyl (C=O) groups excluding carboxylic acids is 1. The summed E-state index contributed by atoms with van der Waals surface area (Å²) < 4.78 is 0. The Kier molecular flexibility index (Phi) is 5.16. The Hall–Kier alpha value is -0.670. The molecule has 90 valence electrons. The molecule has 3 heteroatoms. The van der Waals surface area contributed by atoms with E-state index in [-0.39, 0.29) is 17.7 Å². The molecule has 1 heterocycles. The fourth-order valence-electron chi connectivity index (χ4n) is 1.69. The molecule has 2 unspecified atom stereocenters. The number of rotatable bonds is 6. The zero-order chi connectivity index (χ0) is 12.1. The van der Waals surface area contributed by atoms with Gasteiger partial charge in [-0.25, -0.2) is 0 Å². The van der Waals surface area contributed by atoms with Crippen LogP contribution in [0.3, 0.4) is 0 Å². The molecule has 1 rings (SSSR count). The van der Waals surface area contributed by atoms with Gasteiger partial charge in [-0.2, -0.15) is 0 Å². The normalized spacial score (nSPS) is 14.8. The Morgan fingerprint density at radius 1 is 1.38 bits per heavy atom. The molecule has 0 saturated carbocycles. The molecule has 2 N–H and O–H groups in total. The molecule has 2 nitrogen and oxygen atoms in total. The molecule has 0 radical (unpaired) electrons. The van der Waals surface area contributed by atoms with Gasteiger partial charge in [-0.05, 0) is 38.8 Å². The zero-order valence-corrected chi connectivity index (χ0v) is 11.1. The van der Waals surface area contributed by atoms with Crippen LogP contribution in [0.2, 0.25) is 0 Å². The predicted molar refractivity (Wildman–Crippen MR) is 70.1 cm³/mol. The summed E-state index contributed by atoms with van der Waals surface area (Å²) in [4.78, 5) is 14.1. The van der Waals surface area contributed by atoms with Crippen molar-refractivity contribution in [3.8, 4) is 0 Å². The van der Waals surface area contributed by atoms with Gasteiger partial charge in [0.1, 0.15) is 0 Å². The van der Waals surface area contributed by atoms with Crippen LogP contribution < -0.4 is 5.73 Å². The zero-order valence-electron chi connectivity index (χ0n) is 10.3. The maximum absolute atomic E-state index is 12.0. The summed E-state index contributed by atoms with van der Waals surface area (Å²) in [5, 5.41) is 0. The van der Waals surface area contributed by atoms with E-state index in [4.69, 9.17) is 5.73 Å². The topological polar surface area (TPSA) is 43.1 Å². The predicted octanol–water partition coefficient (Wildman–Crippen LogP) is 3.39. The Balaban J connectivity index is 2.42. The van der Waals surface area contributed by atoms with Gasteiger partial charge in [0, 0.05) is 16.8 Å². The Morgan fingerprint density at radius 3 is 2.56 bits per heavy atom. The highest BCUT2D eigenvalue weighted by Crippen LogP contribution is 2.21. The third-order valence-corrected chi connectivity index (χ3v) is 3.74. The van der Waals surface area contributed by atoms with Gasteiger partial charge in [0.25, 0.3) is 0 Å². The van der Waals surface area contributed by atoms with Crippen molar-refractivity contribution in [2.45, 2.75) is 46.1 Å². The first-order valence-electron chi connectivity index (χ1n) is 5.87. The minimum atomic E-state index is 0.122. The molecule has 0 fully saturated rings. The Bertz CT molecular complexity index is 343. The van der Waals surface area contributed by atoms with E-state index in [0.29, 0.717) is 0 Å². The molecule has 2 atom stereocenters. The first-order valence-corrected chi connectivity index (χ1v) is 6.68. The molecule has 1 aromatic rings. The monoisotopic (exact) mass is 239 g/mol. The highest BCUT2D eigenvalue weighted by Gasteiger charge is 2.16. The second-order valence-corrected chi connectivity index (χ2v) is 5.87. The molecular formula is C13H21NOS. The molecular weight excluding hydrogens is 218 g/mol. The molecule has 16 heavy (non-hydrogen) atoms. The average molecular weight is 239 g/mol. The van der Waals surface area contributed by atoms with E-state index in [1.165, 1.54) is 4.88 Å². The van der Waals surface area contributed by atoms with Gasteiger partial charge in [0.15, 0.2) is 5.78 Å². The number of thiophene rings is 1. The van der Waals surface area contributed by atoms with E-state index in [2.05, 4.69) is 0 Å². The van der Waals surface area contributed by atoms with Crippen LogP contribution >= 0.6 is 11.3 Å². The lowest BCUT2D eigenvalue weighted by Gasteiger charge is -2.10. The van der Waals surface area contributed by atoms with Crippen LogP contribution in [0.25, 0.3) is 0 Å². The van der Waals surface area contributed by atoms with Crippen molar-refractivity contribution < 1.29 is 4.79 Å². The molecule has 1 aromatic heterocycles. The van der Waals surface area contributed by atoms with Gasteiger partial charge < -0.3 is 5.73 Å². The van der Waals surface area contributed by atoms with Crippen LogP contribution in [0.5, 0.6) is 0 Å². The van der Waals surface area contributed by atoms with Gasteiger partial charge in [0.05, 0.1) is 4.88 Å². The summed E-state index contributed by atoms with van der Waals surface area (Å²) >= 11 is 1.59. The highest BCUT2D eigenvalue weighted by molar-refractivity contribution is 7.14. The molecule has 0 amide bonds. The minimum Gasteiger partial charge on any atom is -0.328 e. The number of Topliss-reactive ketones (excluding diaryl/α,β-unsaturated/α-hetero) is 1. The maximum Gasteiger partial charge on any atom is 0.175 e. The van der Waals surface area contributed by atoms with Gasteiger partial charge in [-0.1, -0.05) is 13.3 Å². The second kappa shape index (κ2) is 6.16. The van der Waals surface area contributed by atoms with Crippen LogP contribution in [0.4, 0.5) is 0 Å². The summed E-state index contributed by atoms with van der Waals surface area (Å²) in [5.41, 5.74) is 5.69. The summed E-state index contributed by atoms with van der Waals surface area (Å²) in [6.07, 6.45) is 2.98. The smallest absolute Gasteiger partial charge is 0.175 e. The van der Waals surface area contributed by atoms with E-state index in [0.717, 1.165) is 24.1 Å². The Morgan fingerprint density at radius 2 is 2.06 bits per heavy atom. The van der Waals surface area contributed by atoms with Crippen LogP contribution in [0.15, 0.2) is 12.1 Å². The summed E-state index contributed by atoms with van der Waals surface area (Å²) in [6.45, 7) is 6.05. The van der Waals surface area contributed by atoms with Crippen molar-refractivity contribution in [1.82, 2.24) is 0 Å². The second-order valence-electron chi connectivity index (χ2n) is 4.58. The lowest BCUT2D eigenvalue weighted by atomic mass is 9.97. The van der Waals surface area contributed by atoms with E-state index in [1.54, 1.807) is 11.3 Å². The number of hydrogen-bond acceptors (Lipinski definition) is 3. The standard InChI is InChI=1S/C13H21NOS/c1-9(5-4-6-10(2)14)13(15)12-8-7-11(3)16-12/h7-10H,4-6,14H2,1-3H3. The highest BCUT2D eigenvalue weighted by atomic mass is 32.1. The summed E-state index contributed by atoms with van der Waals surface area (Å²) in [6, 6.07) is 4.18. The van der Waals surface area contributed by atoms with E-state index < -0.39 is 0 Å². The lowest BCUT2D eigenvalue weighted by molar-refractivity contribution is 0.0926. The van der Waals surface area contributed by atoms with Crippen molar-refractivity contribution in [2.75, 3.05) is 0 Å². The Labute approximate surface area is 102 Å². The number of aryl methyl sites for hydroxylation is 1. The van der Waals surface area contributed by atoms with Crippen molar-refractivity contribution >= 4 is 17.1 Å². The summed E-state index contributed by atoms with van der Waals surface area (Å²) in [7, 11) is 0. The maximum atomic E-state index is 12.0. The first kappa shape index (κ1) is 13.4. The van der Waals surface area contributed by atoms with Crippen molar-refractivity contribution in [3.63, 3.8) is 0 Å². The molecule has 0 bridgehead atoms. The van der Waals surface area contributed by atoms with E-state index >= 15 is 0 Å². The average Bonchev–Trinajstić information content (AvgIpc) is 2.63. The van der Waals surface area contributed by atoms with Crippen LogP contribution in [0.1, 0.15) is 47.7 Å². The van der Waals surface area contributed by atoms with Crippen molar-refractivity contribution in [2.24, 2.45) is 11.7 Å². The molecule has 0 aliphatic carbocycles. The molecule has 0 aliphatic rings. The first-order chi connectivity index (χ1) is 7.50. The quantitative estimate of drug-likeness (QED) is 0.773. The fraction of sp³-hybridized carbons (Fsp3) is 0.615. The van der Waals surface area contributed by atoms with Crippen LogP contribution in [-0.4, -0.2) is 11.8 Å². The van der Waals surface area contributed by atoms with Gasteiger partial charge >= 0.3 is 0 Å². The number of carbonyl (C=O) groups is 1. The lowest BCUT2D eigenvalue weighted by Crippen LogP contribution is -2.16. The largest absolute Gasteiger partial charge is 0.328 e. The number of hydrogen-bond donors (Lipinski definition) is 1. The molecule has 0 aliphatic heterocycles.